The van der Waals surface area contributed by atoms with E-state index in [2.05, 4.69) is 16.8 Å². The van der Waals surface area contributed by atoms with E-state index in [9.17, 15) is 14.2 Å². The Bertz CT molecular complexity index is 1280. The second-order valence-electron chi connectivity index (χ2n) is 7.84. The number of H-pyrrole nitrogens is 1. The molecule has 1 unspecified atom stereocenters. The van der Waals surface area contributed by atoms with Gasteiger partial charge in [-0.3, -0.25) is 18.9 Å². The van der Waals surface area contributed by atoms with Crippen LogP contribution in [0.25, 0.3) is 0 Å². The van der Waals surface area contributed by atoms with Crippen LogP contribution in [-0.4, -0.2) is 73.7 Å². The van der Waals surface area contributed by atoms with E-state index < -0.39 is 37.8 Å². The molecule has 0 radical (unpaired) electrons. The van der Waals surface area contributed by atoms with Gasteiger partial charge in [0.2, 0.25) is 0 Å². The third-order valence-electron chi connectivity index (χ3n) is 5.66. The van der Waals surface area contributed by atoms with Crippen molar-refractivity contribution in [2.45, 2.75) is 24.0 Å². The highest BCUT2D eigenvalue weighted by atomic mass is 32.2. The number of aromatic nitrogens is 2. The van der Waals surface area contributed by atoms with Gasteiger partial charge in [0.05, 0.1) is 53.1 Å². The zero-order chi connectivity index (χ0) is 27.7. The van der Waals surface area contributed by atoms with E-state index in [1.165, 1.54) is 22.5 Å². The van der Waals surface area contributed by atoms with Crippen LogP contribution in [0.4, 0.5) is 0 Å². The highest BCUT2D eigenvalue weighted by Crippen LogP contribution is 2.37. The standard InChI is InChI=1S/C23H30N3O10PS/c1-31-15-7-18(32-2)16(19(8-15)33-3)12-38-13-35-21-17(10-34-20(21)11-36-37(29)30)26-9-14(5-4-6-24)22(27)25-23(26)28/h7-9,17,20-21,37H,6,10-13,24H2,1-3H3,(H,29,30)(H,25,27,28)/t17-,20-,21+/m1/s1. The van der Waals surface area contributed by atoms with E-state index in [-0.39, 0.29) is 31.3 Å². The van der Waals surface area contributed by atoms with Gasteiger partial charge in [0.1, 0.15) is 35.0 Å². The third kappa shape index (κ3) is 7.42. The molecular formula is C23H30N3O10PS. The van der Waals surface area contributed by atoms with E-state index in [1.54, 1.807) is 33.5 Å². The summed E-state index contributed by atoms with van der Waals surface area (Å²) >= 11 is 1.40. The first-order chi connectivity index (χ1) is 18.3. The van der Waals surface area contributed by atoms with Crippen LogP contribution in [0.1, 0.15) is 17.2 Å². The SMILES string of the molecule is COc1cc(OC)c(CSCO[C@H]2[C@H](n3cc(C#CCN)c(=O)[nH]c3=O)CO[C@@H]2CO[PH](=O)O)c(OC)c1. The Morgan fingerprint density at radius 2 is 1.95 bits per heavy atom. The molecule has 208 valence electrons. The molecule has 2 heterocycles. The van der Waals surface area contributed by atoms with Crippen LogP contribution < -0.4 is 31.2 Å². The maximum atomic E-state index is 12.6. The summed E-state index contributed by atoms with van der Waals surface area (Å²) in [6.45, 7) is -0.151. The van der Waals surface area contributed by atoms with Crippen LogP contribution in [0, 0.1) is 11.8 Å². The molecule has 15 heteroatoms. The summed E-state index contributed by atoms with van der Waals surface area (Å²) in [6, 6.07) is 2.83. The Kier molecular flexibility index (Phi) is 11.3. The molecule has 0 spiro atoms. The summed E-state index contributed by atoms with van der Waals surface area (Å²) < 4.78 is 45.4. The molecule has 1 fully saturated rings. The fraction of sp³-hybridized carbons (Fsp3) is 0.478. The fourth-order valence-corrected chi connectivity index (χ4v) is 5.00. The van der Waals surface area contributed by atoms with Crippen molar-refractivity contribution in [3.8, 4) is 29.1 Å². The van der Waals surface area contributed by atoms with Gasteiger partial charge in [0, 0.05) is 29.6 Å². The van der Waals surface area contributed by atoms with Crippen molar-refractivity contribution in [2.75, 3.05) is 47.0 Å². The number of thioether (sulfide) groups is 1. The van der Waals surface area contributed by atoms with Crippen molar-refractivity contribution in [3.05, 3.63) is 50.3 Å². The molecule has 0 saturated carbocycles. The number of nitrogens with one attached hydrogen (secondary N) is 1. The summed E-state index contributed by atoms with van der Waals surface area (Å²) in [5.41, 5.74) is 4.94. The largest absolute Gasteiger partial charge is 0.496 e. The lowest BCUT2D eigenvalue weighted by atomic mass is 10.1. The summed E-state index contributed by atoms with van der Waals surface area (Å²) in [5.74, 6) is 7.59. The van der Waals surface area contributed by atoms with E-state index >= 15 is 0 Å². The molecule has 1 aromatic heterocycles. The van der Waals surface area contributed by atoms with Crippen LogP contribution >= 0.6 is 20.0 Å². The highest BCUT2D eigenvalue weighted by molar-refractivity contribution is 7.98. The van der Waals surface area contributed by atoms with Crippen LogP contribution in [0.3, 0.4) is 0 Å². The minimum Gasteiger partial charge on any atom is -0.496 e. The molecular weight excluding hydrogens is 541 g/mol. The predicted molar refractivity (Wildman–Crippen MR) is 140 cm³/mol. The van der Waals surface area contributed by atoms with Crippen molar-refractivity contribution in [1.82, 2.24) is 9.55 Å². The Hall–Kier alpha value is -2.76. The first-order valence-corrected chi connectivity index (χ1v) is 13.7. The van der Waals surface area contributed by atoms with Crippen LogP contribution in [0.15, 0.2) is 27.9 Å². The number of nitrogens with zero attached hydrogens (tertiary/aromatic N) is 1. The molecule has 0 aliphatic carbocycles. The van der Waals surface area contributed by atoms with Crippen LogP contribution in [0.2, 0.25) is 0 Å². The van der Waals surface area contributed by atoms with E-state index in [0.717, 1.165) is 5.56 Å². The molecule has 0 amide bonds. The Labute approximate surface area is 223 Å². The molecule has 38 heavy (non-hydrogen) atoms. The minimum absolute atomic E-state index is 0.0333. The first-order valence-electron chi connectivity index (χ1n) is 11.3. The average molecular weight is 572 g/mol. The first kappa shape index (κ1) is 29.8. The summed E-state index contributed by atoms with van der Waals surface area (Å²) in [7, 11) is 1.43. The van der Waals surface area contributed by atoms with Gasteiger partial charge < -0.3 is 38.8 Å². The molecule has 1 aliphatic rings. The van der Waals surface area contributed by atoms with Crippen molar-refractivity contribution >= 4 is 20.0 Å². The quantitative estimate of drug-likeness (QED) is 0.139. The maximum Gasteiger partial charge on any atom is 0.328 e. The van der Waals surface area contributed by atoms with Gasteiger partial charge in [0.25, 0.3) is 5.56 Å². The minimum atomic E-state index is -3.21. The van der Waals surface area contributed by atoms with Gasteiger partial charge >= 0.3 is 13.9 Å². The number of ether oxygens (including phenoxy) is 5. The lowest BCUT2D eigenvalue weighted by Crippen LogP contribution is -2.40. The van der Waals surface area contributed by atoms with Crippen molar-refractivity contribution < 1.29 is 37.7 Å². The van der Waals surface area contributed by atoms with Gasteiger partial charge in [-0.1, -0.05) is 11.8 Å². The topological polar surface area (TPSA) is 174 Å². The smallest absolute Gasteiger partial charge is 0.328 e. The number of methoxy groups -OCH3 is 3. The molecule has 2 aromatic rings. The van der Waals surface area contributed by atoms with Gasteiger partial charge in [-0.15, -0.1) is 11.8 Å². The summed E-state index contributed by atoms with van der Waals surface area (Å²) in [5, 5.41) is 0. The van der Waals surface area contributed by atoms with Gasteiger partial charge in [0.15, 0.2) is 0 Å². The Morgan fingerprint density at radius 3 is 2.55 bits per heavy atom. The van der Waals surface area contributed by atoms with E-state index in [4.69, 9.17) is 38.8 Å². The molecule has 4 N–H and O–H groups in total. The lowest BCUT2D eigenvalue weighted by Gasteiger charge is -2.24. The van der Waals surface area contributed by atoms with Gasteiger partial charge in [-0.2, -0.15) is 0 Å². The van der Waals surface area contributed by atoms with Gasteiger partial charge in [-0.05, 0) is 0 Å². The van der Waals surface area contributed by atoms with Crippen molar-refractivity contribution in [3.63, 3.8) is 0 Å². The average Bonchev–Trinajstić information content (AvgIpc) is 3.31. The van der Waals surface area contributed by atoms with Crippen LogP contribution in [0.5, 0.6) is 17.2 Å². The van der Waals surface area contributed by atoms with Gasteiger partial charge in [-0.25, -0.2) is 4.79 Å². The number of benzene rings is 1. The number of hydrogen-bond donors (Lipinski definition) is 3. The number of rotatable bonds is 12. The lowest BCUT2D eigenvalue weighted by molar-refractivity contribution is -0.0188. The van der Waals surface area contributed by atoms with Crippen LogP contribution in [-0.2, 0) is 24.3 Å². The second-order valence-corrected chi connectivity index (χ2v) is 9.59. The fourth-order valence-electron chi connectivity index (χ4n) is 3.87. The monoisotopic (exact) mass is 571 g/mol. The second kappa shape index (κ2) is 14.4. The maximum absolute atomic E-state index is 12.6. The zero-order valence-electron chi connectivity index (χ0n) is 21.1. The molecule has 1 saturated heterocycles. The zero-order valence-corrected chi connectivity index (χ0v) is 22.9. The Morgan fingerprint density at radius 1 is 1.24 bits per heavy atom. The predicted octanol–water partition coefficient (Wildman–Crippen LogP) is 0.487. The number of aromatic amines is 1. The molecule has 0 bridgehead atoms. The van der Waals surface area contributed by atoms with Crippen molar-refractivity contribution in [2.24, 2.45) is 5.73 Å². The molecule has 3 rings (SSSR count). The van der Waals surface area contributed by atoms with Crippen molar-refractivity contribution in [1.29, 1.82) is 0 Å². The molecule has 13 nitrogen and oxygen atoms in total. The van der Waals surface area contributed by atoms with E-state index in [1.807, 2.05) is 0 Å². The molecule has 1 aliphatic heterocycles. The summed E-state index contributed by atoms with van der Waals surface area (Å²) in [6.07, 6.45) is -0.168. The third-order valence-corrected chi connectivity index (χ3v) is 6.86. The normalized spacial score (nSPS) is 19.4. The molecule has 4 atom stereocenters. The summed E-state index contributed by atoms with van der Waals surface area (Å²) in [4.78, 5) is 36.1. The van der Waals surface area contributed by atoms with E-state index in [0.29, 0.717) is 23.0 Å². The molecule has 1 aromatic carbocycles. The highest BCUT2D eigenvalue weighted by Gasteiger charge is 2.40. The Balaban J connectivity index is 1.80. The number of nitrogens with two attached hydrogens (primary N) is 1. The number of hydrogen-bond acceptors (Lipinski definition) is 11.